The van der Waals surface area contributed by atoms with Crippen LogP contribution in [0.25, 0.3) is 6.08 Å². The second-order valence-electron chi connectivity index (χ2n) is 5.26. The first-order chi connectivity index (χ1) is 10.4. The van der Waals surface area contributed by atoms with Crippen molar-refractivity contribution in [3.8, 4) is 5.75 Å². The molecule has 1 aliphatic heterocycles. The van der Waals surface area contributed by atoms with Crippen molar-refractivity contribution >= 4 is 6.08 Å². The summed E-state index contributed by atoms with van der Waals surface area (Å²) in [7, 11) is 0. The number of benzene rings is 2. The summed E-state index contributed by atoms with van der Waals surface area (Å²) in [5.74, 6) is 0.910. The molecule has 3 rings (SSSR count). The summed E-state index contributed by atoms with van der Waals surface area (Å²) in [6, 6.07) is 18.5. The highest BCUT2D eigenvalue weighted by atomic mass is 16.5. The van der Waals surface area contributed by atoms with Crippen LogP contribution >= 0.6 is 0 Å². The van der Waals surface area contributed by atoms with E-state index in [1.54, 1.807) is 0 Å². The second-order valence-corrected chi connectivity index (χ2v) is 5.26. The molecule has 1 heterocycles. The Labute approximate surface area is 126 Å². The van der Waals surface area contributed by atoms with Gasteiger partial charge in [-0.05, 0) is 36.1 Å². The van der Waals surface area contributed by atoms with E-state index >= 15 is 0 Å². The van der Waals surface area contributed by atoms with Gasteiger partial charge >= 0.3 is 0 Å². The fraction of sp³-hybridized carbons (Fsp3) is 0.263. The lowest BCUT2D eigenvalue weighted by molar-refractivity contribution is 0.119. The van der Waals surface area contributed by atoms with Crippen LogP contribution in [-0.4, -0.2) is 13.2 Å². The minimum atomic E-state index is 0.610. The molecule has 1 aliphatic rings. The van der Waals surface area contributed by atoms with Crippen LogP contribution < -0.4 is 4.74 Å². The molecule has 2 nitrogen and oxygen atoms in total. The minimum absolute atomic E-state index is 0.610. The van der Waals surface area contributed by atoms with E-state index in [1.165, 1.54) is 16.7 Å². The van der Waals surface area contributed by atoms with Gasteiger partial charge in [-0.3, -0.25) is 0 Å². The van der Waals surface area contributed by atoms with Crippen molar-refractivity contribution in [2.24, 2.45) is 0 Å². The average molecular weight is 280 g/mol. The van der Waals surface area contributed by atoms with Crippen molar-refractivity contribution in [1.29, 1.82) is 0 Å². The first-order valence-corrected chi connectivity index (χ1v) is 7.44. The Balaban J connectivity index is 1.59. The average Bonchev–Trinajstić information content (AvgIpc) is 2.56. The van der Waals surface area contributed by atoms with Gasteiger partial charge in [-0.1, -0.05) is 54.1 Å². The maximum atomic E-state index is 5.80. The Morgan fingerprint density at radius 1 is 0.905 bits per heavy atom. The van der Waals surface area contributed by atoms with E-state index in [4.69, 9.17) is 9.47 Å². The molecule has 0 bridgehead atoms. The van der Waals surface area contributed by atoms with Gasteiger partial charge in [0.1, 0.15) is 12.4 Å². The molecular weight excluding hydrogens is 260 g/mol. The zero-order valence-electron chi connectivity index (χ0n) is 12.1. The monoisotopic (exact) mass is 280 g/mol. The van der Waals surface area contributed by atoms with E-state index in [0.29, 0.717) is 6.61 Å². The van der Waals surface area contributed by atoms with Crippen molar-refractivity contribution in [2.45, 2.75) is 19.4 Å². The third-order valence-corrected chi connectivity index (χ3v) is 3.63. The molecule has 2 heteroatoms. The van der Waals surface area contributed by atoms with Gasteiger partial charge in [0.25, 0.3) is 0 Å². The van der Waals surface area contributed by atoms with E-state index in [1.807, 2.05) is 30.3 Å². The largest absolute Gasteiger partial charge is 0.489 e. The molecule has 0 atom stereocenters. The molecule has 2 aromatic rings. The number of rotatable bonds is 4. The van der Waals surface area contributed by atoms with Crippen LogP contribution in [0.5, 0.6) is 5.75 Å². The maximum absolute atomic E-state index is 5.80. The lowest BCUT2D eigenvalue weighted by Gasteiger charge is -2.14. The van der Waals surface area contributed by atoms with Crippen LogP contribution in [0.3, 0.4) is 0 Å². The third kappa shape index (κ3) is 4.20. The lowest BCUT2D eigenvalue weighted by Crippen LogP contribution is -2.06. The van der Waals surface area contributed by atoms with E-state index in [9.17, 15) is 0 Å². The van der Waals surface area contributed by atoms with E-state index in [0.717, 1.165) is 31.8 Å². The molecule has 108 valence electrons. The normalized spacial score (nSPS) is 14.8. The number of hydrogen-bond acceptors (Lipinski definition) is 2. The van der Waals surface area contributed by atoms with E-state index < -0.39 is 0 Å². The predicted octanol–water partition coefficient (Wildman–Crippen LogP) is 4.46. The highest BCUT2D eigenvalue weighted by molar-refractivity contribution is 5.54. The molecule has 0 radical (unpaired) electrons. The topological polar surface area (TPSA) is 18.5 Å². The maximum Gasteiger partial charge on any atom is 0.119 e. The van der Waals surface area contributed by atoms with Gasteiger partial charge < -0.3 is 9.47 Å². The quantitative estimate of drug-likeness (QED) is 0.823. The van der Waals surface area contributed by atoms with E-state index in [2.05, 4.69) is 30.3 Å². The Bertz CT molecular complexity index is 577. The molecule has 2 aromatic carbocycles. The minimum Gasteiger partial charge on any atom is -0.489 e. The molecule has 0 aliphatic carbocycles. The first-order valence-electron chi connectivity index (χ1n) is 7.44. The zero-order valence-corrected chi connectivity index (χ0v) is 12.1. The van der Waals surface area contributed by atoms with Crippen molar-refractivity contribution in [3.63, 3.8) is 0 Å². The number of hydrogen-bond donors (Lipinski definition) is 0. The van der Waals surface area contributed by atoms with Gasteiger partial charge in [-0.2, -0.15) is 0 Å². The van der Waals surface area contributed by atoms with E-state index in [-0.39, 0.29) is 0 Å². The molecule has 0 spiro atoms. The van der Waals surface area contributed by atoms with Gasteiger partial charge in [0.05, 0.1) is 13.2 Å². The molecule has 1 fully saturated rings. The summed E-state index contributed by atoms with van der Waals surface area (Å²) in [4.78, 5) is 0. The van der Waals surface area contributed by atoms with Gasteiger partial charge in [0, 0.05) is 0 Å². The molecule has 1 saturated heterocycles. The third-order valence-electron chi connectivity index (χ3n) is 3.63. The summed E-state index contributed by atoms with van der Waals surface area (Å²) >= 11 is 0. The Morgan fingerprint density at radius 2 is 1.62 bits per heavy atom. The second kappa shape index (κ2) is 7.09. The van der Waals surface area contributed by atoms with Crippen molar-refractivity contribution in [1.82, 2.24) is 0 Å². The summed E-state index contributed by atoms with van der Waals surface area (Å²) < 4.78 is 11.2. The van der Waals surface area contributed by atoms with Crippen LogP contribution in [0.15, 0.2) is 60.2 Å². The zero-order chi connectivity index (χ0) is 14.3. The van der Waals surface area contributed by atoms with Gasteiger partial charge in [0.15, 0.2) is 0 Å². The van der Waals surface area contributed by atoms with Gasteiger partial charge in [0.2, 0.25) is 0 Å². The molecule has 21 heavy (non-hydrogen) atoms. The molecule has 0 amide bonds. The summed E-state index contributed by atoms with van der Waals surface area (Å²) in [6.45, 7) is 2.31. The number of ether oxygens (including phenoxy) is 2. The highest BCUT2D eigenvalue weighted by Gasteiger charge is 2.05. The SMILES string of the molecule is C(=C1CCOCC1)c1ccc(OCc2ccccc2)cc1. The Kier molecular flexibility index (Phi) is 4.70. The Hall–Kier alpha value is -2.06. The van der Waals surface area contributed by atoms with Crippen LogP contribution in [-0.2, 0) is 11.3 Å². The van der Waals surface area contributed by atoms with Crippen LogP contribution in [0.4, 0.5) is 0 Å². The van der Waals surface area contributed by atoms with Crippen LogP contribution in [0, 0.1) is 0 Å². The molecule has 0 aromatic heterocycles. The molecular formula is C19H20O2. The van der Waals surface area contributed by atoms with Crippen molar-refractivity contribution in [3.05, 3.63) is 71.3 Å². The van der Waals surface area contributed by atoms with Gasteiger partial charge in [-0.25, -0.2) is 0 Å². The first kappa shape index (κ1) is 13.9. The molecule has 0 N–H and O–H groups in total. The molecule has 0 saturated carbocycles. The Morgan fingerprint density at radius 3 is 2.33 bits per heavy atom. The standard InChI is InChI=1S/C19H20O2/c1-2-4-18(5-3-1)15-21-19-8-6-16(7-9-19)14-17-10-12-20-13-11-17/h1-9,14H,10-13,15H2. The van der Waals surface area contributed by atoms with Crippen molar-refractivity contribution in [2.75, 3.05) is 13.2 Å². The fourth-order valence-corrected chi connectivity index (χ4v) is 2.41. The fourth-order valence-electron chi connectivity index (χ4n) is 2.41. The van der Waals surface area contributed by atoms with Gasteiger partial charge in [-0.15, -0.1) is 0 Å². The van der Waals surface area contributed by atoms with Crippen LogP contribution in [0.2, 0.25) is 0 Å². The lowest BCUT2D eigenvalue weighted by atomic mass is 10.0. The predicted molar refractivity (Wildman–Crippen MR) is 85.2 cm³/mol. The van der Waals surface area contributed by atoms with Crippen LogP contribution in [0.1, 0.15) is 24.0 Å². The van der Waals surface area contributed by atoms with Crippen molar-refractivity contribution < 1.29 is 9.47 Å². The summed E-state index contributed by atoms with van der Waals surface area (Å²) in [6.07, 6.45) is 4.36. The smallest absolute Gasteiger partial charge is 0.119 e. The summed E-state index contributed by atoms with van der Waals surface area (Å²) in [5, 5.41) is 0. The summed E-state index contributed by atoms with van der Waals surface area (Å²) in [5.41, 5.74) is 3.89. The highest BCUT2D eigenvalue weighted by Crippen LogP contribution is 2.20. The molecule has 0 unspecified atom stereocenters.